The standard InChI is InChI=1S/C22H23FN2O2/c1-15-11-16(2)22-18(12-15)17(13-21(26)27-22)14-24-7-9-25(10-8-24)20-6-4-3-5-19(20)23/h3-6,11-13H,7-10,14H2,1-2H3/p+1. The van der Waals surface area contributed by atoms with Crippen molar-refractivity contribution >= 4 is 16.7 Å². The highest BCUT2D eigenvalue weighted by Gasteiger charge is 2.23. The smallest absolute Gasteiger partial charge is 0.336 e. The van der Waals surface area contributed by atoms with Crippen LogP contribution in [-0.2, 0) is 6.54 Å². The number of quaternary nitrogens is 1. The summed E-state index contributed by atoms with van der Waals surface area (Å²) in [4.78, 5) is 15.5. The zero-order chi connectivity index (χ0) is 19.0. The molecular formula is C22H24FN2O2+. The van der Waals surface area contributed by atoms with Gasteiger partial charge in [-0.1, -0.05) is 18.2 Å². The number of nitrogens with zero attached hydrogens (tertiary/aromatic N) is 1. The van der Waals surface area contributed by atoms with Gasteiger partial charge in [-0.25, -0.2) is 9.18 Å². The predicted molar refractivity (Wildman–Crippen MR) is 105 cm³/mol. The first kappa shape index (κ1) is 17.7. The molecule has 4 rings (SSSR count). The van der Waals surface area contributed by atoms with E-state index in [4.69, 9.17) is 4.42 Å². The minimum atomic E-state index is -0.297. The number of piperazine rings is 1. The first-order valence-corrected chi connectivity index (χ1v) is 9.38. The Kier molecular flexibility index (Phi) is 4.70. The molecule has 0 radical (unpaired) electrons. The summed E-state index contributed by atoms with van der Waals surface area (Å²) in [6.45, 7) is 8.21. The molecule has 0 spiro atoms. The summed E-state index contributed by atoms with van der Waals surface area (Å²) in [5.41, 5.74) is 4.25. The van der Waals surface area contributed by atoms with E-state index in [2.05, 4.69) is 17.9 Å². The van der Waals surface area contributed by atoms with Crippen molar-refractivity contribution in [1.29, 1.82) is 0 Å². The van der Waals surface area contributed by atoms with Gasteiger partial charge in [-0.2, -0.15) is 0 Å². The molecule has 1 fully saturated rings. The number of rotatable bonds is 3. The lowest BCUT2D eigenvalue weighted by Gasteiger charge is -2.34. The van der Waals surface area contributed by atoms with Crippen LogP contribution in [0.25, 0.3) is 11.0 Å². The van der Waals surface area contributed by atoms with Crippen LogP contribution in [0.15, 0.2) is 51.7 Å². The SMILES string of the molecule is Cc1cc(C)c2oc(=O)cc(C[NH+]3CCN(c4ccccc4F)CC3)c2c1. The Morgan fingerprint density at radius 2 is 1.85 bits per heavy atom. The third-order valence-electron chi connectivity index (χ3n) is 5.36. The van der Waals surface area contributed by atoms with Gasteiger partial charge in [0, 0.05) is 17.0 Å². The molecule has 0 aliphatic carbocycles. The number of hydrogen-bond acceptors (Lipinski definition) is 3. The molecule has 1 aromatic heterocycles. The van der Waals surface area contributed by atoms with Gasteiger partial charge >= 0.3 is 5.63 Å². The highest BCUT2D eigenvalue weighted by molar-refractivity contribution is 5.83. The predicted octanol–water partition coefficient (Wildman–Crippen LogP) is 2.45. The van der Waals surface area contributed by atoms with Gasteiger partial charge in [0.1, 0.15) is 17.9 Å². The maximum Gasteiger partial charge on any atom is 0.336 e. The van der Waals surface area contributed by atoms with E-state index in [1.54, 1.807) is 12.1 Å². The fourth-order valence-corrected chi connectivity index (χ4v) is 4.04. The van der Waals surface area contributed by atoms with Crippen LogP contribution in [0.5, 0.6) is 0 Å². The van der Waals surface area contributed by atoms with Crippen LogP contribution in [-0.4, -0.2) is 26.2 Å². The average Bonchev–Trinajstić information content (AvgIpc) is 2.64. The molecule has 1 N–H and O–H groups in total. The number of hydrogen-bond donors (Lipinski definition) is 1. The summed E-state index contributed by atoms with van der Waals surface area (Å²) < 4.78 is 19.5. The summed E-state index contributed by atoms with van der Waals surface area (Å²) in [6, 6.07) is 12.7. The summed E-state index contributed by atoms with van der Waals surface area (Å²) in [6.07, 6.45) is 0. The molecule has 4 nitrogen and oxygen atoms in total. The number of para-hydroxylation sites is 1. The van der Waals surface area contributed by atoms with Crippen LogP contribution in [0.4, 0.5) is 10.1 Å². The van der Waals surface area contributed by atoms with Gasteiger partial charge in [0.25, 0.3) is 0 Å². The van der Waals surface area contributed by atoms with E-state index in [-0.39, 0.29) is 11.4 Å². The van der Waals surface area contributed by atoms with Gasteiger partial charge in [-0.3, -0.25) is 0 Å². The van der Waals surface area contributed by atoms with Crippen molar-refractivity contribution < 1.29 is 13.7 Å². The lowest BCUT2D eigenvalue weighted by molar-refractivity contribution is -0.914. The Bertz CT molecular complexity index is 1040. The molecule has 0 unspecified atom stereocenters. The third-order valence-corrected chi connectivity index (χ3v) is 5.36. The van der Waals surface area contributed by atoms with Crippen molar-refractivity contribution in [3.8, 4) is 0 Å². The van der Waals surface area contributed by atoms with Crippen LogP contribution in [0.3, 0.4) is 0 Å². The molecule has 1 aliphatic heterocycles. The van der Waals surface area contributed by atoms with Gasteiger partial charge in [0.15, 0.2) is 0 Å². The van der Waals surface area contributed by atoms with E-state index in [0.29, 0.717) is 11.3 Å². The first-order chi connectivity index (χ1) is 13.0. The highest BCUT2D eigenvalue weighted by Crippen LogP contribution is 2.22. The van der Waals surface area contributed by atoms with E-state index in [9.17, 15) is 9.18 Å². The number of nitrogens with one attached hydrogen (secondary N) is 1. The van der Waals surface area contributed by atoms with Crippen molar-refractivity contribution in [3.05, 3.63) is 75.4 Å². The molecule has 0 bridgehead atoms. The highest BCUT2D eigenvalue weighted by atomic mass is 19.1. The lowest BCUT2D eigenvalue weighted by Crippen LogP contribution is -3.13. The first-order valence-electron chi connectivity index (χ1n) is 9.38. The summed E-state index contributed by atoms with van der Waals surface area (Å²) >= 11 is 0. The van der Waals surface area contributed by atoms with Crippen LogP contribution in [0, 0.1) is 19.7 Å². The second-order valence-corrected chi connectivity index (χ2v) is 7.41. The zero-order valence-corrected chi connectivity index (χ0v) is 15.7. The average molecular weight is 367 g/mol. The Hall–Kier alpha value is -2.66. The monoisotopic (exact) mass is 367 g/mol. The minimum Gasteiger partial charge on any atom is -0.422 e. The second kappa shape index (κ2) is 7.16. The maximum atomic E-state index is 14.0. The number of anilines is 1. The van der Waals surface area contributed by atoms with Gasteiger partial charge in [0.05, 0.1) is 31.9 Å². The summed E-state index contributed by atoms with van der Waals surface area (Å²) in [7, 11) is 0. The lowest BCUT2D eigenvalue weighted by atomic mass is 10.0. The molecule has 1 saturated heterocycles. The molecule has 1 aliphatic rings. The molecule has 2 aromatic carbocycles. The van der Waals surface area contributed by atoms with Gasteiger partial charge < -0.3 is 14.2 Å². The van der Waals surface area contributed by atoms with Crippen LogP contribution in [0.1, 0.15) is 16.7 Å². The van der Waals surface area contributed by atoms with Crippen molar-refractivity contribution in [2.24, 2.45) is 0 Å². The summed E-state index contributed by atoms with van der Waals surface area (Å²) in [5.74, 6) is -0.168. The van der Waals surface area contributed by atoms with Gasteiger partial charge in [-0.05, 0) is 43.2 Å². The van der Waals surface area contributed by atoms with Crippen LogP contribution >= 0.6 is 0 Å². The Morgan fingerprint density at radius 1 is 1.11 bits per heavy atom. The maximum absolute atomic E-state index is 14.0. The number of halogens is 1. The van der Waals surface area contributed by atoms with Crippen molar-refractivity contribution in [2.45, 2.75) is 20.4 Å². The zero-order valence-electron chi connectivity index (χ0n) is 15.7. The molecule has 2 heterocycles. The van der Waals surface area contributed by atoms with Gasteiger partial charge in [-0.15, -0.1) is 0 Å². The fourth-order valence-electron chi connectivity index (χ4n) is 4.04. The van der Waals surface area contributed by atoms with E-state index in [0.717, 1.165) is 54.8 Å². The molecule has 3 aromatic rings. The van der Waals surface area contributed by atoms with Crippen molar-refractivity contribution in [3.63, 3.8) is 0 Å². The fraction of sp³-hybridized carbons (Fsp3) is 0.318. The molecule has 0 saturated carbocycles. The third kappa shape index (κ3) is 3.60. The quantitative estimate of drug-likeness (QED) is 0.723. The van der Waals surface area contributed by atoms with Gasteiger partial charge in [0.2, 0.25) is 0 Å². The topological polar surface area (TPSA) is 37.9 Å². The number of aryl methyl sites for hydroxylation is 2. The van der Waals surface area contributed by atoms with Crippen LogP contribution < -0.4 is 15.4 Å². The Morgan fingerprint density at radius 3 is 2.59 bits per heavy atom. The normalized spacial score (nSPS) is 15.4. The Labute approximate surface area is 157 Å². The molecule has 140 valence electrons. The summed E-state index contributed by atoms with van der Waals surface area (Å²) in [5, 5.41) is 1.02. The Balaban J connectivity index is 1.54. The molecule has 27 heavy (non-hydrogen) atoms. The molecule has 5 heteroatoms. The molecular weight excluding hydrogens is 343 g/mol. The minimum absolute atomic E-state index is 0.168. The largest absolute Gasteiger partial charge is 0.422 e. The number of benzene rings is 2. The van der Waals surface area contributed by atoms with E-state index in [1.807, 2.05) is 25.1 Å². The molecule has 0 atom stereocenters. The van der Waals surface area contributed by atoms with E-state index in [1.165, 1.54) is 11.0 Å². The van der Waals surface area contributed by atoms with Crippen molar-refractivity contribution in [1.82, 2.24) is 0 Å². The van der Waals surface area contributed by atoms with E-state index >= 15 is 0 Å². The second-order valence-electron chi connectivity index (χ2n) is 7.41. The van der Waals surface area contributed by atoms with E-state index < -0.39 is 0 Å². The molecule has 0 amide bonds. The van der Waals surface area contributed by atoms with Crippen LogP contribution in [0.2, 0.25) is 0 Å². The van der Waals surface area contributed by atoms with Crippen molar-refractivity contribution in [2.75, 3.05) is 31.1 Å². The number of fused-ring (bicyclic) bond motifs is 1.